The van der Waals surface area contributed by atoms with E-state index in [1.165, 1.54) is 31.4 Å². The Labute approximate surface area is 156 Å². The number of hydrogen-bond acceptors (Lipinski definition) is 7. The molecule has 0 saturated carbocycles. The van der Waals surface area contributed by atoms with Crippen LogP contribution in [0.15, 0.2) is 60.2 Å². The van der Waals surface area contributed by atoms with Gasteiger partial charge in [-0.15, -0.1) is 0 Å². The third-order valence-corrected chi connectivity index (χ3v) is 3.57. The summed E-state index contributed by atoms with van der Waals surface area (Å²) in [6, 6.07) is 14.3. The third kappa shape index (κ3) is 4.72. The van der Waals surface area contributed by atoms with Crippen LogP contribution in [0.2, 0.25) is 0 Å². The second-order valence-corrected chi connectivity index (χ2v) is 5.16. The van der Waals surface area contributed by atoms with Gasteiger partial charge in [0.1, 0.15) is 11.5 Å². The quantitative estimate of drug-likeness (QED) is 0.254. The molecule has 0 radical (unpaired) electrons. The van der Waals surface area contributed by atoms with E-state index in [2.05, 4.69) is 4.74 Å². The number of esters is 3. The summed E-state index contributed by atoms with van der Waals surface area (Å²) in [5, 5.41) is 0. The number of ether oxygens (including phenoxy) is 4. The third-order valence-electron chi connectivity index (χ3n) is 3.57. The molecule has 0 aliphatic rings. The molecule has 2 aromatic carbocycles. The Morgan fingerprint density at radius 2 is 1.26 bits per heavy atom. The highest BCUT2D eigenvalue weighted by Gasteiger charge is 2.31. The minimum atomic E-state index is -1.04. The smallest absolute Gasteiger partial charge is 0.351 e. The molecule has 27 heavy (non-hydrogen) atoms. The molecule has 0 aliphatic carbocycles. The Balaban J connectivity index is 2.59. The van der Waals surface area contributed by atoms with Crippen molar-refractivity contribution in [1.82, 2.24) is 0 Å². The van der Waals surface area contributed by atoms with Gasteiger partial charge < -0.3 is 18.9 Å². The highest BCUT2D eigenvalue weighted by Crippen LogP contribution is 2.25. The van der Waals surface area contributed by atoms with Crippen LogP contribution < -0.4 is 9.47 Å². The van der Waals surface area contributed by atoms with Gasteiger partial charge >= 0.3 is 17.9 Å². The second-order valence-electron chi connectivity index (χ2n) is 5.16. The number of para-hydroxylation sites is 1. The highest BCUT2D eigenvalue weighted by atomic mass is 16.6. The van der Waals surface area contributed by atoms with Gasteiger partial charge in [0, 0.05) is 0 Å². The zero-order chi connectivity index (χ0) is 19.8. The van der Waals surface area contributed by atoms with Crippen LogP contribution in [0.5, 0.6) is 11.5 Å². The zero-order valence-electron chi connectivity index (χ0n) is 15.1. The number of benzene rings is 2. The van der Waals surface area contributed by atoms with Crippen molar-refractivity contribution in [2.45, 2.75) is 0 Å². The highest BCUT2D eigenvalue weighted by molar-refractivity contribution is 6.32. The molecule has 0 fully saturated rings. The maximum atomic E-state index is 12.7. The molecule has 0 saturated heterocycles. The molecule has 0 bridgehead atoms. The Morgan fingerprint density at radius 3 is 1.78 bits per heavy atom. The fourth-order valence-electron chi connectivity index (χ4n) is 2.26. The molecule has 0 unspecified atom stereocenters. The maximum Gasteiger partial charge on any atom is 0.351 e. The average Bonchev–Trinajstić information content (AvgIpc) is 2.71. The van der Waals surface area contributed by atoms with Crippen molar-refractivity contribution >= 4 is 23.5 Å². The van der Waals surface area contributed by atoms with E-state index in [-0.39, 0.29) is 16.9 Å². The van der Waals surface area contributed by atoms with E-state index >= 15 is 0 Å². The van der Waals surface area contributed by atoms with Crippen LogP contribution in [-0.4, -0.2) is 39.2 Å². The largest absolute Gasteiger partial charge is 0.497 e. The van der Waals surface area contributed by atoms with Gasteiger partial charge in [-0.1, -0.05) is 30.3 Å². The Hall–Kier alpha value is -3.61. The van der Waals surface area contributed by atoms with Crippen molar-refractivity contribution in [3.63, 3.8) is 0 Å². The molecule has 0 aromatic heterocycles. The summed E-state index contributed by atoms with van der Waals surface area (Å²) in [6.45, 7) is 0. The monoisotopic (exact) mass is 370 g/mol. The lowest BCUT2D eigenvalue weighted by molar-refractivity contribution is -0.142. The molecule has 0 N–H and O–H groups in total. The number of rotatable bonds is 6. The number of methoxy groups -OCH3 is 3. The van der Waals surface area contributed by atoms with E-state index in [9.17, 15) is 14.4 Å². The molecule has 140 valence electrons. The van der Waals surface area contributed by atoms with E-state index in [1.54, 1.807) is 30.3 Å². The summed E-state index contributed by atoms with van der Waals surface area (Å²) in [6.07, 6.45) is 0. The lowest BCUT2D eigenvalue weighted by Gasteiger charge is -2.13. The van der Waals surface area contributed by atoms with Gasteiger partial charge in [-0.25, -0.2) is 14.4 Å². The number of carbonyl (C=O) groups is 3. The molecule has 0 amide bonds. The van der Waals surface area contributed by atoms with E-state index < -0.39 is 23.5 Å². The molecule has 0 spiro atoms. The molecule has 7 nitrogen and oxygen atoms in total. The van der Waals surface area contributed by atoms with Gasteiger partial charge in [0.05, 0.1) is 26.9 Å². The van der Waals surface area contributed by atoms with E-state index in [4.69, 9.17) is 14.2 Å². The van der Waals surface area contributed by atoms with Gasteiger partial charge in [-0.2, -0.15) is 0 Å². The first-order chi connectivity index (χ1) is 13.0. The van der Waals surface area contributed by atoms with Gasteiger partial charge in [0.15, 0.2) is 5.57 Å². The van der Waals surface area contributed by atoms with Gasteiger partial charge in [0.25, 0.3) is 0 Å². The molecule has 2 aromatic rings. The molecule has 0 aliphatic heterocycles. The predicted octanol–water partition coefficient (Wildman–Crippen LogP) is 2.40. The van der Waals surface area contributed by atoms with Gasteiger partial charge in [-0.3, -0.25) is 0 Å². The summed E-state index contributed by atoms with van der Waals surface area (Å²) in [5.41, 5.74) is -0.570. The topological polar surface area (TPSA) is 88.1 Å². The van der Waals surface area contributed by atoms with Crippen LogP contribution in [0.25, 0.3) is 5.57 Å². The lowest BCUT2D eigenvalue weighted by Crippen LogP contribution is -2.24. The van der Waals surface area contributed by atoms with Crippen molar-refractivity contribution in [3.05, 3.63) is 65.7 Å². The van der Waals surface area contributed by atoms with Crippen molar-refractivity contribution < 1.29 is 33.3 Å². The minimum absolute atomic E-state index is 0.211. The first kappa shape index (κ1) is 19.7. The summed E-state index contributed by atoms with van der Waals surface area (Å²) in [7, 11) is 3.73. The van der Waals surface area contributed by atoms with E-state index in [0.717, 1.165) is 14.2 Å². The summed E-state index contributed by atoms with van der Waals surface area (Å²) < 4.78 is 19.7. The Kier molecular flexibility index (Phi) is 6.71. The molecular weight excluding hydrogens is 352 g/mol. The van der Waals surface area contributed by atoms with Gasteiger partial charge in [0.2, 0.25) is 0 Å². The first-order valence-corrected chi connectivity index (χ1v) is 7.84. The zero-order valence-corrected chi connectivity index (χ0v) is 15.1. The first-order valence-electron chi connectivity index (χ1n) is 7.84. The van der Waals surface area contributed by atoms with Crippen LogP contribution in [0, 0.1) is 0 Å². The summed E-state index contributed by atoms with van der Waals surface area (Å²) >= 11 is 0. The summed E-state index contributed by atoms with van der Waals surface area (Å²) in [5.74, 6) is -2.20. The van der Waals surface area contributed by atoms with E-state index in [0.29, 0.717) is 5.75 Å². The van der Waals surface area contributed by atoms with Crippen LogP contribution in [0.4, 0.5) is 0 Å². The normalized spacial score (nSPS) is 11.1. The Morgan fingerprint density at radius 1 is 0.667 bits per heavy atom. The van der Waals surface area contributed by atoms with Crippen molar-refractivity contribution in [2.75, 3.05) is 21.3 Å². The fraction of sp³-hybridized carbons (Fsp3) is 0.150. The molecule has 0 atom stereocenters. The van der Waals surface area contributed by atoms with E-state index in [1.807, 2.05) is 0 Å². The van der Waals surface area contributed by atoms with Crippen LogP contribution in [0.3, 0.4) is 0 Å². The van der Waals surface area contributed by atoms with Crippen molar-refractivity contribution in [1.29, 1.82) is 0 Å². The molecule has 7 heteroatoms. The van der Waals surface area contributed by atoms with Crippen LogP contribution in [0.1, 0.15) is 5.56 Å². The standard InChI is InChI=1S/C20H18O7/c1-24-14-11-9-13(10-12-14)16(18(21)25-2)17(19(22)26-3)20(23)27-15-7-5-4-6-8-15/h4-12H,1-3H3/b17-16-. The second kappa shape index (κ2) is 9.19. The summed E-state index contributed by atoms with van der Waals surface area (Å²) in [4.78, 5) is 37.3. The SMILES string of the molecule is COC(=O)/C(C(=O)Oc1ccccc1)=C(/C(=O)OC)c1ccc(OC)cc1. The maximum absolute atomic E-state index is 12.7. The number of hydrogen-bond donors (Lipinski definition) is 0. The molecular formula is C20H18O7. The predicted molar refractivity (Wildman–Crippen MR) is 96.0 cm³/mol. The molecule has 0 heterocycles. The fourth-order valence-corrected chi connectivity index (χ4v) is 2.26. The van der Waals surface area contributed by atoms with Crippen molar-refractivity contribution in [2.24, 2.45) is 0 Å². The van der Waals surface area contributed by atoms with Gasteiger partial charge in [-0.05, 0) is 29.8 Å². The average molecular weight is 370 g/mol. The number of carbonyl (C=O) groups excluding carboxylic acids is 3. The lowest BCUT2D eigenvalue weighted by atomic mass is 9.99. The van der Waals surface area contributed by atoms with Crippen LogP contribution >= 0.6 is 0 Å². The Bertz CT molecular complexity index is 852. The van der Waals surface area contributed by atoms with Crippen molar-refractivity contribution in [3.8, 4) is 11.5 Å². The van der Waals surface area contributed by atoms with Crippen LogP contribution in [-0.2, 0) is 23.9 Å². The molecule has 2 rings (SSSR count). The minimum Gasteiger partial charge on any atom is -0.497 e.